The highest BCUT2D eigenvalue weighted by Gasteiger charge is 2.05. The Kier molecular flexibility index (Phi) is 3.11. The Morgan fingerprint density at radius 1 is 1.00 bits per heavy atom. The van der Waals surface area contributed by atoms with Crippen molar-refractivity contribution < 1.29 is 9.79 Å². The molecule has 0 fully saturated rings. The van der Waals surface area contributed by atoms with Gasteiger partial charge >= 0.3 is 0 Å². The number of halogens is 2. The molecule has 1 rings (SSSR count). The molecule has 11 heavy (non-hydrogen) atoms. The lowest BCUT2D eigenvalue weighted by molar-refractivity contribution is 0.497. The van der Waals surface area contributed by atoms with Gasteiger partial charge in [-0.05, 0) is 18.2 Å². The second-order valence-corrected chi connectivity index (χ2v) is 3.89. The molecule has 0 aliphatic carbocycles. The minimum Gasteiger partial charge on any atom is -0.347 e. The van der Waals surface area contributed by atoms with Gasteiger partial charge in [0.1, 0.15) is 0 Å². The molecular weight excluding hydrogens is 206 g/mol. The van der Waals surface area contributed by atoms with Crippen LogP contribution in [0.1, 0.15) is 0 Å². The van der Waals surface area contributed by atoms with Gasteiger partial charge in [0.05, 0.1) is 0 Å². The molecule has 0 bridgehead atoms. The molecule has 5 heteroatoms. The van der Waals surface area contributed by atoms with E-state index in [1.807, 2.05) is 0 Å². The highest BCUT2D eigenvalue weighted by Crippen LogP contribution is 2.26. The van der Waals surface area contributed by atoms with Crippen molar-refractivity contribution in [1.29, 1.82) is 0 Å². The molecule has 1 aromatic rings. The Morgan fingerprint density at radius 2 is 1.45 bits per heavy atom. The molecule has 0 unspecified atom stereocenters. The van der Waals surface area contributed by atoms with Crippen molar-refractivity contribution in [2.45, 2.75) is 0 Å². The van der Waals surface area contributed by atoms with Crippen molar-refractivity contribution >= 4 is 36.9 Å². The largest absolute Gasteiger partial charge is 0.347 e. The highest BCUT2D eigenvalue weighted by atomic mass is 35.5. The minimum atomic E-state index is -2.10. The summed E-state index contributed by atoms with van der Waals surface area (Å²) < 4.78 is 0. The van der Waals surface area contributed by atoms with Gasteiger partial charge in [-0.2, -0.15) is 0 Å². The summed E-state index contributed by atoms with van der Waals surface area (Å²) in [5.41, 5.74) is 0. The molecule has 0 saturated heterocycles. The maximum atomic E-state index is 8.78. The molecule has 0 heterocycles. The van der Waals surface area contributed by atoms with E-state index in [1.165, 1.54) is 18.2 Å². The molecule has 0 atom stereocenters. The smallest absolute Gasteiger partial charge is 0.199 e. The zero-order valence-electron chi connectivity index (χ0n) is 5.33. The first-order valence-electron chi connectivity index (χ1n) is 2.73. The van der Waals surface area contributed by atoms with E-state index in [9.17, 15) is 0 Å². The van der Waals surface area contributed by atoms with E-state index in [0.717, 1.165) is 0 Å². The number of hydrogen-bond acceptors (Lipinski definition) is 2. The van der Waals surface area contributed by atoms with Crippen LogP contribution in [0.4, 0.5) is 0 Å². The van der Waals surface area contributed by atoms with Crippen LogP contribution in [-0.4, -0.2) is 9.79 Å². The predicted octanol–water partition coefficient (Wildman–Crippen LogP) is 1.92. The highest BCUT2D eigenvalue weighted by molar-refractivity contribution is 7.54. The Morgan fingerprint density at radius 3 is 1.82 bits per heavy atom. The van der Waals surface area contributed by atoms with Crippen LogP contribution in [0, 0.1) is 0 Å². The topological polar surface area (TPSA) is 40.5 Å². The van der Waals surface area contributed by atoms with Gasteiger partial charge in [0.2, 0.25) is 0 Å². The van der Waals surface area contributed by atoms with Gasteiger partial charge in [-0.15, -0.1) is 0 Å². The first-order valence-corrected chi connectivity index (χ1v) is 4.74. The van der Waals surface area contributed by atoms with Crippen LogP contribution < -0.4 is 5.30 Å². The van der Waals surface area contributed by atoms with Crippen LogP contribution in [-0.2, 0) is 0 Å². The van der Waals surface area contributed by atoms with Gasteiger partial charge in [-0.1, -0.05) is 23.2 Å². The van der Waals surface area contributed by atoms with Crippen molar-refractivity contribution in [3.8, 4) is 0 Å². The summed E-state index contributed by atoms with van der Waals surface area (Å²) in [5, 5.41) is 1.17. The molecule has 0 saturated carbocycles. The molecule has 0 aliphatic rings. The third-order valence-electron chi connectivity index (χ3n) is 1.08. The molecule has 2 N–H and O–H groups in total. The van der Waals surface area contributed by atoms with Crippen LogP contribution in [0.5, 0.6) is 0 Å². The first kappa shape index (κ1) is 9.24. The number of hydrogen-bond donors (Lipinski definition) is 2. The average Bonchev–Trinajstić information content (AvgIpc) is 1.85. The SMILES string of the molecule is OP(O)c1cc(Cl)cc(Cl)c1. The van der Waals surface area contributed by atoms with E-state index in [0.29, 0.717) is 15.3 Å². The van der Waals surface area contributed by atoms with Crippen molar-refractivity contribution in [2.75, 3.05) is 0 Å². The monoisotopic (exact) mass is 210 g/mol. The van der Waals surface area contributed by atoms with Gasteiger partial charge in [-0.3, -0.25) is 0 Å². The van der Waals surface area contributed by atoms with E-state index >= 15 is 0 Å². The predicted molar refractivity (Wildman–Crippen MR) is 47.5 cm³/mol. The third kappa shape index (κ3) is 2.58. The molecule has 0 spiro atoms. The van der Waals surface area contributed by atoms with Crippen LogP contribution in [0.3, 0.4) is 0 Å². The zero-order chi connectivity index (χ0) is 8.43. The molecule has 2 nitrogen and oxygen atoms in total. The lowest BCUT2D eigenvalue weighted by Crippen LogP contribution is -1.98. The van der Waals surface area contributed by atoms with Crippen molar-refractivity contribution in [1.82, 2.24) is 0 Å². The first-order chi connectivity index (χ1) is 5.09. The third-order valence-corrected chi connectivity index (χ3v) is 2.23. The average molecular weight is 211 g/mol. The van der Waals surface area contributed by atoms with Crippen molar-refractivity contribution in [3.63, 3.8) is 0 Å². The van der Waals surface area contributed by atoms with E-state index in [-0.39, 0.29) is 0 Å². The summed E-state index contributed by atoms with van der Waals surface area (Å²) in [7, 11) is -2.10. The molecule has 0 aliphatic heterocycles. The van der Waals surface area contributed by atoms with Crippen LogP contribution in [0.15, 0.2) is 18.2 Å². The maximum absolute atomic E-state index is 8.78. The number of rotatable bonds is 1. The summed E-state index contributed by atoms with van der Waals surface area (Å²) >= 11 is 11.2. The Hall–Kier alpha value is 0.150. The molecular formula is C6H5Cl2O2P. The van der Waals surface area contributed by atoms with Crippen molar-refractivity contribution in [2.24, 2.45) is 0 Å². The van der Waals surface area contributed by atoms with E-state index < -0.39 is 8.38 Å². The fourth-order valence-electron chi connectivity index (χ4n) is 0.655. The maximum Gasteiger partial charge on any atom is 0.199 e. The molecule has 0 radical (unpaired) electrons. The van der Waals surface area contributed by atoms with Crippen LogP contribution in [0.2, 0.25) is 10.0 Å². The lowest BCUT2D eigenvalue weighted by atomic mass is 10.4. The van der Waals surface area contributed by atoms with Gasteiger partial charge in [0.15, 0.2) is 8.38 Å². The van der Waals surface area contributed by atoms with Crippen LogP contribution >= 0.6 is 31.6 Å². The quantitative estimate of drug-likeness (QED) is 0.696. The van der Waals surface area contributed by atoms with Gasteiger partial charge in [0, 0.05) is 15.3 Å². The summed E-state index contributed by atoms with van der Waals surface area (Å²) in [6, 6.07) is 4.48. The summed E-state index contributed by atoms with van der Waals surface area (Å²) in [5.74, 6) is 0. The fourth-order valence-corrected chi connectivity index (χ4v) is 1.84. The van der Waals surface area contributed by atoms with Gasteiger partial charge < -0.3 is 9.79 Å². The van der Waals surface area contributed by atoms with E-state index in [4.69, 9.17) is 33.0 Å². The summed E-state index contributed by atoms with van der Waals surface area (Å²) in [4.78, 5) is 17.6. The van der Waals surface area contributed by atoms with Crippen LogP contribution in [0.25, 0.3) is 0 Å². The molecule has 1 aromatic carbocycles. The molecule has 60 valence electrons. The molecule has 0 aromatic heterocycles. The number of benzene rings is 1. The minimum absolute atomic E-state index is 0.359. The van der Waals surface area contributed by atoms with Crippen molar-refractivity contribution in [3.05, 3.63) is 28.2 Å². The van der Waals surface area contributed by atoms with Gasteiger partial charge in [0.25, 0.3) is 0 Å². The standard InChI is InChI=1S/C6H5Cl2O2P/c7-4-1-5(8)3-6(2-4)11(9)10/h1-3,9-10H. The Labute approximate surface area is 75.3 Å². The Bertz CT molecular complexity index is 245. The Balaban J connectivity index is 3.08. The molecule has 0 amide bonds. The second-order valence-electron chi connectivity index (χ2n) is 1.92. The summed E-state index contributed by atoms with van der Waals surface area (Å²) in [6.45, 7) is 0. The lowest BCUT2D eigenvalue weighted by Gasteiger charge is -2.02. The van der Waals surface area contributed by atoms with Gasteiger partial charge in [-0.25, -0.2) is 0 Å². The fraction of sp³-hybridized carbons (Fsp3) is 0. The zero-order valence-corrected chi connectivity index (χ0v) is 7.74. The van der Waals surface area contributed by atoms with E-state index in [2.05, 4.69) is 0 Å². The van der Waals surface area contributed by atoms with E-state index in [1.54, 1.807) is 0 Å². The normalized spacial score (nSPS) is 10.6. The summed E-state index contributed by atoms with van der Waals surface area (Å²) in [6.07, 6.45) is 0. The second kappa shape index (κ2) is 3.70.